The van der Waals surface area contributed by atoms with Crippen molar-refractivity contribution in [2.45, 2.75) is 107 Å². The summed E-state index contributed by atoms with van der Waals surface area (Å²) in [6.07, 6.45) is 6.53. The Labute approximate surface area is 218 Å². The van der Waals surface area contributed by atoms with Crippen LogP contribution in [0.25, 0.3) is 0 Å². The average molecular weight is 510 g/mol. The van der Waals surface area contributed by atoms with Crippen LogP contribution in [0.3, 0.4) is 0 Å². The first-order valence-electron chi connectivity index (χ1n) is 13.0. The van der Waals surface area contributed by atoms with Crippen molar-refractivity contribution in [3.05, 3.63) is 58.7 Å². The van der Waals surface area contributed by atoms with Crippen LogP contribution >= 0.6 is 0 Å². The molecule has 3 N–H and O–H groups in total. The summed E-state index contributed by atoms with van der Waals surface area (Å²) in [6, 6.07) is 4.36. The van der Waals surface area contributed by atoms with Crippen LogP contribution in [-0.4, -0.2) is 18.1 Å². The van der Waals surface area contributed by atoms with Crippen LogP contribution in [0, 0.1) is 18.3 Å². The molecule has 36 heavy (non-hydrogen) atoms. The van der Waals surface area contributed by atoms with Gasteiger partial charge < -0.3 is 5.73 Å². The zero-order valence-electron chi connectivity index (χ0n) is 23.9. The van der Waals surface area contributed by atoms with E-state index < -0.39 is 11.7 Å². The molecule has 0 spiro atoms. The standard InChI is InChI=1S/C19H26F3N.C9H18.C2H6N2/c1-6-7-8-13(2)15(4)12-23-16(5)17-10-9-14(3)18(11-17)19(20,21)22;1-4-6-7-8-9(3)5-2;1-2(3)4/h9-11,13H,4,6-8,12H2,1-3,5H3;8H,4-7H2,1-3H3;1H3,(H3,3,4)/b;9-8+;. The van der Waals surface area contributed by atoms with E-state index in [-0.39, 0.29) is 11.4 Å². The largest absolute Gasteiger partial charge is 0.416 e. The van der Waals surface area contributed by atoms with Crippen molar-refractivity contribution in [2.24, 2.45) is 16.6 Å². The molecular formula is C30H50F3N3. The number of halogens is 3. The maximum Gasteiger partial charge on any atom is 0.416 e. The van der Waals surface area contributed by atoms with E-state index in [0.29, 0.717) is 23.7 Å². The second-order valence-electron chi connectivity index (χ2n) is 9.36. The molecule has 0 radical (unpaired) electrons. The first kappa shape index (κ1) is 35.8. The second kappa shape index (κ2) is 19.8. The van der Waals surface area contributed by atoms with E-state index >= 15 is 0 Å². The fourth-order valence-corrected chi connectivity index (χ4v) is 3.03. The van der Waals surface area contributed by atoms with E-state index in [2.05, 4.69) is 52.3 Å². The van der Waals surface area contributed by atoms with Crippen molar-refractivity contribution in [1.29, 1.82) is 5.41 Å². The van der Waals surface area contributed by atoms with E-state index in [1.54, 1.807) is 13.0 Å². The molecule has 3 nitrogen and oxygen atoms in total. The lowest BCUT2D eigenvalue weighted by molar-refractivity contribution is -0.138. The fraction of sp³-hybridized carbons (Fsp3) is 0.600. The quantitative estimate of drug-likeness (QED) is 0.133. The molecule has 1 unspecified atom stereocenters. The van der Waals surface area contributed by atoms with Gasteiger partial charge in [-0.15, -0.1) is 0 Å². The summed E-state index contributed by atoms with van der Waals surface area (Å²) in [5.74, 6) is 0.551. The van der Waals surface area contributed by atoms with Gasteiger partial charge in [-0.1, -0.05) is 89.3 Å². The highest BCUT2D eigenvalue weighted by atomic mass is 19.4. The molecule has 0 aromatic heterocycles. The summed E-state index contributed by atoms with van der Waals surface area (Å²) in [7, 11) is 0. The van der Waals surface area contributed by atoms with E-state index in [0.717, 1.165) is 24.8 Å². The maximum absolute atomic E-state index is 13.0. The number of nitrogens with zero attached hydrogens (tertiary/aromatic N) is 1. The van der Waals surface area contributed by atoms with E-state index in [1.807, 2.05) is 0 Å². The van der Waals surface area contributed by atoms with Gasteiger partial charge in [0.1, 0.15) is 0 Å². The molecule has 0 bridgehead atoms. The third kappa shape index (κ3) is 18.0. The van der Waals surface area contributed by atoms with Crippen LogP contribution < -0.4 is 5.73 Å². The molecule has 1 aromatic carbocycles. The summed E-state index contributed by atoms with van der Waals surface area (Å²) in [6.45, 7) is 20.2. The van der Waals surface area contributed by atoms with Gasteiger partial charge >= 0.3 is 6.18 Å². The summed E-state index contributed by atoms with van der Waals surface area (Å²) in [5.41, 5.74) is 8.01. The maximum atomic E-state index is 13.0. The summed E-state index contributed by atoms with van der Waals surface area (Å²) in [5, 5.41) is 6.28. The first-order valence-corrected chi connectivity index (χ1v) is 13.0. The molecule has 1 atom stereocenters. The van der Waals surface area contributed by atoms with Gasteiger partial charge in [0.25, 0.3) is 0 Å². The number of hydrogen-bond donors (Lipinski definition) is 2. The van der Waals surface area contributed by atoms with Crippen LogP contribution in [0.5, 0.6) is 0 Å². The van der Waals surface area contributed by atoms with Crippen molar-refractivity contribution in [3.8, 4) is 0 Å². The Bertz CT molecular complexity index is 832. The van der Waals surface area contributed by atoms with Gasteiger partial charge in [-0.2, -0.15) is 13.2 Å². The van der Waals surface area contributed by atoms with Crippen LogP contribution in [0.1, 0.15) is 110 Å². The topological polar surface area (TPSA) is 62.2 Å². The highest BCUT2D eigenvalue weighted by Crippen LogP contribution is 2.32. The Morgan fingerprint density at radius 3 is 2.14 bits per heavy atom. The van der Waals surface area contributed by atoms with Gasteiger partial charge in [-0.3, -0.25) is 10.4 Å². The van der Waals surface area contributed by atoms with Gasteiger partial charge in [0.15, 0.2) is 0 Å². The van der Waals surface area contributed by atoms with Crippen LogP contribution in [0.15, 0.2) is 47.0 Å². The number of allylic oxidation sites excluding steroid dienone is 2. The Morgan fingerprint density at radius 1 is 1.11 bits per heavy atom. The number of aryl methyl sites for hydroxylation is 1. The molecule has 0 aliphatic rings. The number of amidine groups is 1. The van der Waals surface area contributed by atoms with E-state index in [9.17, 15) is 13.2 Å². The number of nitrogens with one attached hydrogen (secondary N) is 1. The van der Waals surface area contributed by atoms with Crippen molar-refractivity contribution in [3.63, 3.8) is 0 Å². The third-order valence-corrected chi connectivity index (χ3v) is 5.78. The zero-order valence-corrected chi connectivity index (χ0v) is 23.9. The molecule has 0 saturated heterocycles. The van der Waals surface area contributed by atoms with Crippen LogP contribution in [-0.2, 0) is 6.18 Å². The molecule has 0 amide bonds. The molecule has 0 aliphatic heterocycles. The van der Waals surface area contributed by atoms with Gasteiger partial charge in [0, 0.05) is 5.71 Å². The minimum atomic E-state index is -4.33. The van der Waals surface area contributed by atoms with Crippen molar-refractivity contribution >= 4 is 11.5 Å². The van der Waals surface area contributed by atoms with Crippen molar-refractivity contribution < 1.29 is 13.2 Å². The number of unbranched alkanes of at least 4 members (excludes halogenated alkanes) is 3. The monoisotopic (exact) mass is 509 g/mol. The number of rotatable bonds is 11. The van der Waals surface area contributed by atoms with Gasteiger partial charge in [-0.05, 0) is 70.1 Å². The SMILES string of the molecule is C=C(CN=C(C)c1ccc(C)c(C(F)(F)F)c1)C(C)CCCC.CC(=N)N.CCCC/C=C(\C)CC. The molecule has 0 aliphatic carbocycles. The number of hydrogen-bond acceptors (Lipinski definition) is 2. The molecule has 6 heteroatoms. The molecule has 0 heterocycles. The van der Waals surface area contributed by atoms with Gasteiger partial charge in [0.2, 0.25) is 0 Å². The van der Waals surface area contributed by atoms with Crippen LogP contribution in [0.4, 0.5) is 13.2 Å². The predicted octanol–water partition coefficient (Wildman–Crippen LogP) is 9.68. The lowest BCUT2D eigenvalue weighted by Gasteiger charge is -2.14. The van der Waals surface area contributed by atoms with E-state index in [1.165, 1.54) is 57.2 Å². The molecular weight excluding hydrogens is 459 g/mol. The Balaban J connectivity index is 0. The Hall–Kier alpha value is -2.37. The first-order chi connectivity index (χ1) is 16.7. The Morgan fingerprint density at radius 2 is 1.67 bits per heavy atom. The molecule has 206 valence electrons. The summed E-state index contributed by atoms with van der Waals surface area (Å²) < 4.78 is 38.9. The fourth-order valence-electron chi connectivity index (χ4n) is 3.03. The van der Waals surface area contributed by atoms with Crippen molar-refractivity contribution in [1.82, 2.24) is 0 Å². The van der Waals surface area contributed by atoms with Crippen molar-refractivity contribution in [2.75, 3.05) is 6.54 Å². The van der Waals surface area contributed by atoms with E-state index in [4.69, 9.17) is 11.1 Å². The smallest absolute Gasteiger partial charge is 0.388 e. The number of benzene rings is 1. The average Bonchev–Trinajstić information content (AvgIpc) is 2.80. The van der Waals surface area contributed by atoms with Crippen LogP contribution in [0.2, 0.25) is 0 Å². The predicted molar refractivity (Wildman–Crippen MR) is 152 cm³/mol. The highest BCUT2D eigenvalue weighted by Gasteiger charge is 2.32. The molecule has 1 aromatic rings. The second-order valence-corrected chi connectivity index (χ2v) is 9.36. The molecule has 0 fully saturated rings. The molecule has 1 rings (SSSR count). The highest BCUT2D eigenvalue weighted by molar-refractivity contribution is 5.99. The summed E-state index contributed by atoms with van der Waals surface area (Å²) in [4.78, 5) is 4.43. The lowest BCUT2D eigenvalue weighted by atomic mass is 9.96. The number of nitrogens with two attached hydrogens (primary N) is 1. The number of aliphatic imine (C=N–C) groups is 1. The number of alkyl halides is 3. The normalized spacial score (nSPS) is 12.6. The van der Waals surface area contributed by atoms with Gasteiger partial charge in [0.05, 0.1) is 17.9 Å². The summed E-state index contributed by atoms with van der Waals surface area (Å²) >= 11 is 0. The molecule has 0 saturated carbocycles. The lowest BCUT2D eigenvalue weighted by Crippen LogP contribution is -2.10. The van der Waals surface area contributed by atoms with Gasteiger partial charge in [-0.25, -0.2) is 0 Å². The minimum absolute atomic E-state index is 0.167. The zero-order chi connectivity index (χ0) is 28.3. The minimum Gasteiger partial charge on any atom is -0.388 e. The third-order valence-electron chi connectivity index (χ3n) is 5.78. The Kier molecular flexibility index (Phi) is 19.7.